The van der Waals surface area contributed by atoms with Gasteiger partial charge in [0.05, 0.1) is 13.0 Å². The highest BCUT2D eigenvalue weighted by Gasteiger charge is 2.32. The number of nitrogens with one attached hydrogen (secondary N) is 1. The van der Waals surface area contributed by atoms with Crippen LogP contribution < -0.4 is 10.2 Å². The van der Waals surface area contributed by atoms with E-state index in [1.54, 1.807) is 12.1 Å². The third kappa shape index (κ3) is 3.41. The van der Waals surface area contributed by atoms with E-state index in [4.69, 9.17) is 4.74 Å². The Balaban J connectivity index is 1.80. The lowest BCUT2D eigenvalue weighted by molar-refractivity contribution is -0.146. The number of carbonyl (C=O) groups is 1. The molecule has 1 aromatic rings. The summed E-state index contributed by atoms with van der Waals surface area (Å²) in [5.74, 6) is 0.688. The molecule has 0 spiro atoms. The third-order valence-corrected chi connectivity index (χ3v) is 5.63. The molecule has 132 valence electrons. The van der Waals surface area contributed by atoms with Gasteiger partial charge in [0.15, 0.2) is 0 Å². The van der Waals surface area contributed by atoms with E-state index < -0.39 is 0 Å². The van der Waals surface area contributed by atoms with E-state index in [1.165, 1.54) is 12.7 Å². The van der Waals surface area contributed by atoms with Crippen molar-refractivity contribution in [2.24, 2.45) is 11.8 Å². The molecule has 2 fully saturated rings. The van der Waals surface area contributed by atoms with Crippen LogP contribution in [0.15, 0.2) is 18.2 Å². The molecule has 0 radical (unpaired) electrons. The van der Waals surface area contributed by atoms with Gasteiger partial charge < -0.3 is 15.0 Å². The first kappa shape index (κ1) is 17.2. The van der Waals surface area contributed by atoms with E-state index >= 15 is 0 Å². The molecular formula is C19H27FN2O2. The average Bonchev–Trinajstić information content (AvgIpc) is 3.09. The number of piperidine rings is 1. The van der Waals surface area contributed by atoms with Gasteiger partial charge >= 0.3 is 5.97 Å². The fraction of sp³-hybridized carbons (Fsp3) is 0.632. The molecule has 1 aromatic carbocycles. The summed E-state index contributed by atoms with van der Waals surface area (Å²) in [5.41, 5.74) is 2.25. The number of methoxy groups -OCH3 is 1. The van der Waals surface area contributed by atoms with Gasteiger partial charge in [0.2, 0.25) is 0 Å². The van der Waals surface area contributed by atoms with Crippen molar-refractivity contribution < 1.29 is 13.9 Å². The molecule has 2 aliphatic heterocycles. The summed E-state index contributed by atoms with van der Waals surface area (Å²) in [6, 6.07) is 5.20. The summed E-state index contributed by atoms with van der Waals surface area (Å²) >= 11 is 0. The fourth-order valence-corrected chi connectivity index (χ4v) is 4.15. The smallest absolute Gasteiger partial charge is 0.308 e. The van der Waals surface area contributed by atoms with Crippen molar-refractivity contribution in [1.29, 1.82) is 0 Å². The number of carbonyl (C=O) groups excluding carboxylic acids is 1. The molecule has 0 aromatic heterocycles. The van der Waals surface area contributed by atoms with E-state index in [9.17, 15) is 9.18 Å². The summed E-state index contributed by atoms with van der Waals surface area (Å²) in [6.07, 6.45) is 2.66. The van der Waals surface area contributed by atoms with E-state index in [1.807, 2.05) is 6.07 Å². The molecule has 1 N–H and O–H groups in total. The number of hydrogen-bond donors (Lipinski definition) is 1. The SMILES string of the molecule is CC[C@H]1CNC[C@@H]1c1ccc(F)cc1N1CCC(C(=O)OC)CC1. The highest BCUT2D eigenvalue weighted by Crippen LogP contribution is 2.38. The lowest BCUT2D eigenvalue weighted by atomic mass is 9.85. The zero-order chi connectivity index (χ0) is 17.1. The molecule has 2 aliphatic rings. The van der Waals surface area contributed by atoms with Gasteiger partial charge in [-0.1, -0.05) is 19.4 Å². The van der Waals surface area contributed by atoms with E-state index in [-0.39, 0.29) is 17.7 Å². The second-order valence-corrected chi connectivity index (χ2v) is 6.92. The Morgan fingerprint density at radius 1 is 1.33 bits per heavy atom. The highest BCUT2D eigenvalue weighted by atomic mass is 19.1. The molecule has 0 unspecified atom stereocenters. The van der Waals surface area contributed by atoms with Crippen LogP contribution in [0.2, 0.25) is 0 Å². The predicted octanol–water partition coefficient (Wildman–Crippen LogP) is 2.93. The van der Waals surface area contributed by atoms with Crippen molar-refractivity contribution in [2.45, 2.75) is 32.1 Å². The summed E-state index contributed by atoms with van der Waals surface area (Å²) < 4.78 is 18.8. The Bertz CT molecular complexity index is 585. The van der Waals surface area contributed by atoms with Crippen molar-refractivity contribution in [1.82, 2.24) is 5.32 Å². The van der Waals surface area contributed by atoms with Crippen LogP contribution in [-0.2, 0) is 9.53 Å². The molecule has 5 heteroatoms. The summed E-state index contributed by atoms with van der Waals surface area (Å²) in [6.45, 7) is 5.74. The van der Waals surface area contributed by atoms with Gasteiger partial charge in [-0.3, -0.25) is 4.79 Å². The van der Waals surface area contributed by atoms with Gasteiger partial charge in [0.1, 0.15) is 5.82 Å². The molecule has 0 bridgehead atoms. The number of anilines is 1. The van der Waals surface area contributed by atoms with E-state index in [0.717, 1.165) is 51.1 Å². The molecule has 0 aliphatic carbocycles. The molecule has 24 heavy (non-hydrogen) atoms. The Labute approximate surface area is 143 Å². The normalized spacial score (nSPS) is 25.0. The third-order valence-electron chi connectivity index (χ3n) is 5.63. The molecule has 0 saturated carbocycles. The Kier molecular flexibility index (Phi) is 5.39. The second-order valence-electron chi connectivity index (χ2n) is 6.92. The van der Waals surface area contributed by atoms with Crippen LogP contribution >= 0.6 is 0 Å². The Morgan fingerprint density at radius 3 is 2.75 bits per heavy atom. The van der Waals surface area contributed by atoms with Crippen LogP contribution in [0.1, 0.15) is 37.7 Å². The molecule has 2 heterocycles. The number of benzene rings is 1. The molecule has 2 atom stereocenters. The molecule has 3 rings (SSSR count). The van der Waals surface area contributed by atoms with Crippen LogP contribution in [0.25, 0.3) is 0 Å². The van der Waals surface area contributed by atoms with Crippen LogP contribution in [0.4, 0.5) is 10.1 Å². The Hall–Kier alpha value is -1.62. The lowest BCUT2D eigenvalue weighted by Gasteiger charge is -2.35. The largest absolute Gasteiger partial charge is 0.469 e. The van der Waals surface area contributed by atoms with Crippen LogP contribution in [0, 0.1) is 17.7 Å². The molecule has 0 amide bonds. The summed E-state index contributed by atoms with van der Waals surface area (Å²) in [4.78, 5) is 14.0. The second kappa shape index (κ2) is 7.51. The monoisotopic (exact) mass is 334 g/mol. The number of nitrogens with zero attached hydrogens (tertiary/aromatic N) is 1. The number of esters is 1. The highest BCUT2D eigenvalue weighted by molar-refractivity contribution is 5.72. The van der Waals surface area contributed by atoms with Crippen LogP contribution in [-0.4, -0.2) is 39.3 Å². The fourth-order valence-electron chi connectivity index (χ4n) is 4.15. The van der Waals surface area contributed by atoms with Gasteiger partial charge in [-0.05, 0) is 43.0 Å². The van der Waals surface area contributed by atoms with E-state index in [2.05, 4.69) is 17.1 Å². The van der Waals surface area contributed by atoms with E-state index in [0.29, 0.717) is 11.8 Å². The maximum Gasteiger partial charge on any atom is 0.308 e. The number of halogens is 1. The Morgan fingerprint density at radius 2 is 2.08 bits per heavy atom. The van der Waals surface area contributed by atoms with Crippen LogP contribution in [0.3, 0.4) is 0 Å². The minimum absolute atomic E-state index is 0.0280. The number of ether oxygens (including phenoxy) is 1. The molecule has 4 nitrogen and oxygen atoms in total. The predicted molar refractivity (Wildman–Crippen MR) is 92.7 cm³/mol. The number of hydrogen-bond acceptors (Lipinski definition) is 4. The summed E-state index contributed by atoms with van der Waals surface area (Å²) in [7, 11) is 1.44. The van der Waals surface area contributed by atoms with Gasteiger partial charge in [-0.15, -0.1) is 0 Å². The maximum absolute atomic E-state index is 13.9. The molecule has 2 saturated heterocycles. The topological polar surface area (TPSA) is 41.6 Å². The zero-order valence-electron chi connectivity index (χ0n) is 14.6. The summed E-state index contributed by atoms with van der Waals surface area (Å²) in [5, 5.41) is 3.47. The van der Waals surface area contributed by atoms with Gasteiger partial charge in [-0.2, -0.15) is 0 Å². The van der Waals surface area contributed by atoms with Crippen molar-refractivity contribution in [2.75, 3.05) is 38.2 Å². The standard InChI is InChI=1S/C19H27FN2O2/c1-3-13-11-21-12-17(13)16-5-4-15(20)10-18(16)22-8-6-14(7-9-22)19(23)24-2/h4-5,10,13-14,17,21H,3,6-9,11-12H2,1-2H3/t13-,17-/m0/s1. The minimum atomic E-state index is -0.192. The average molecular weight is 334 g/mol. The molecular weight excluding hydrogens is 307 g/mol. The van der Waals surface area contributed by atoms with Crippen molar-refractivity contribution in [3.05, 3.63) is 29.6 Å². The first-order valence-corrected chi connectivity index (χ1v) is 8.97. The van der Waals surface area contributed by atoms with Gasteiger partial charge in [-0.25, -0.2) is 4.39 Å². The maximum atomic E-state index is 13.9. The first-order chi connectivity index (χ1) is 11.6. The zero-order valence-corrected chi connectivity index (χ0v) is 14.6. The van der Waals surface area contributed by atoms with Crippen LogP contribution in [0.5, 0.6) is 0 Å². The van der Waals surface area contributed by atoms with Gasteiger partial charge in [0, 0.05) is 31.2 Å². The van der Waals surface area contributed by atoms with Crippen molar-refractivity contribution in [3.63, 3.8) is 0 Å². The quantitative estimate of drug-likeness (QED) is 0.860. The lowest BCUT2D eigenvalue weighted by Crippen LogP contribution is -2.37. The van der Waals surface area contributed by atoms with Crippen molar-refractivity contribution in [3.8, 4) is 0 Å². The van der Waals surface area contributed by atoms with Crippen molar-refractivity contribution >= 4 is 11.7 Å². The minimum Gasteiger partial charge on any atom is -0.469 e. The number of rotatable bonds is 4. The first-order valence-electron chi connectivity index (χ1n) is 8.97. The van der Waals surface area contributed by atoms with Gasteiger partial charge in [0.25, 0.3) is 0 Å².